The van der Waals surface area contributed by atoms with Crippen molar-refractivity contribution in [1.29, 1.82) is 0 Å². The minimum atomic E-state index is -0.280. The van der Waals surface area contributed by atoms with Crippen LogP contribution in [0.2, 0.25) is 0 Å². The van der Waals surface area contributed by atoms with Crippen molar-refractivity contribution in [2.24, 2.45) is 0 Å². The molecule has 4 aromatic rings. The van der Waals surface area contributed by atoms with Gasteiger partial charge < -0.3 is 10.7 Å². The first-order chi connectivity index (χ1) is 12.2. The summed E-state index contributed by atoms with van der Waals surface area (Å²) < 4.78 is 13.3. The number of halogens is 1. The second kappa shape index (κ2) is 6.20. The molecule has 0 saturated carbocycles. The normalized spacial score (nSPS) is 10.8. The van der Waals surface area contributed by atoms with E-state index in [1.165, 1.54) is 12.1 Å². The summed E-state index contributed by atoms with van der Waals surface area (Å²) in [5, 5.41) is 0. The second-order valence-corrected chi connectivity index (χ2v) is 5.64. The number of benzene rings is 2. The lowest BCUT2D eigenvalue weighted by molar-refractivity contribution is 0.628. The van der Waals surface area contributed by atoms with Gasteiger partial charge in [-0.25, -0.2) is 9.37 Å². The summed E-state index contributed by atoms with van der Waals surface area (Å²) in [7, 11) is 0. The van der Waals surface area contributed by atoms with Crippen LogP contribution in [0.15, 0.2) is 73.1 Å². The van der Waals surface area contributed by atoms with E-state index < -0.39 is 0 Å². The number of nitrogen functional groups attached to an aromatic ring is 1. The van der Waals surface area contributed by atoms with Crippen molar-refractivity contribution in [2.75, 3.05) is 5.73 Å². The number of hydrogen-bond acceptors (Lipinski definition) is 3. The lowest BCUT2D eigenvalue weighted by atomic mass is 10.1. The summed E-state index contributed by atoms with van der Waals surface area (Å²) in [5.74, 6) is 0.390. The van der Waals surface area contributed by atoms with E-state index in [2.05, 4.69) is 9.97 Å². The van der Waals surface area contributed by atoms with E-state index >= 15 is 0 Å². The Bertz CT molecular complexity index is 1010. The van der Waals surface area contributed by atoms with Gasteiger partial charge in [-0.15, -0.1) is 0 Å². The highest BCUT2D eigenvalue weighted by atomic mass is 19.1. The van der Waals surface area contributed by atoms with Gasteiger partial charge in [0, 0.05) is 34.8 Å². The Morgan fingerprint density at radius 3 is 2.28 bits per heavy atom. The summed E-state index contributed by atoms with van der Waals surface area (Å²) in [6.07, 6.45) is 3.45. The summed E-state index contributed by atoms with van der Waals surface area (Å²) in [5.41, 5.74) is 10.9. The molecule has 0 aliphatic heterocycles. The van der Waals surface area contributed by atoms with Gasteiger partial charge >= 0.3 is 0 Å². The number of para-hydroxylation sites is 1. The van der Waals surface area contributed by atoms with Crippen LogP contribution in [0.4, 0.5) is 10.1 Å². The zero-order valence-electron chi connectivity index (χ0n) is 13.3. The van der Waals surface area contributed by atoms with Gasteiger partial charge in [0.1, 0.15) is 11.6 Å². The van der Waals surface area contributed by atoms with Crippen LogP contribution in [-0.2, 0) is 0 Å². The fraction of sp³-hybridized carbons (Fsp3) is 0. The standard InChI is InChI=1S/C20H15FN4/c21-15-7-5-13(6-8-15)18-19(14-9-11-23-12-10-14)25-20(24-18)16-3-1-2-4-17(16)22/h1-12H,22H2,(H,24,25). The van der Waals surface area contributed by atoms with E-state index in [4.69, 9.17) is 10.7 Å². The third-order valence-electron chi connectivity index (χ3n) is 4.01. The zero-order chi connectivity index (χ0) is 17.2. The monoisotopic (exact) mass is 330 g/mol. The average Bonchev–Trinajstić information content (AvgIpc) is 3.08. The van der Waals surface area contributed by atoms with Crippen molar-refractivity contribution in [3.8, 4) is 33.9 Å². The predicted molar refractivity (Wildman–Crippen MR) is 97.1 cm³/mol. The molecule has 0 aliphatic rings. The average molecular weight is 330 g/mol. The van der Waals surface area contributed by atoms with Crippen LogP contribution in [-0.4, -0.2) is 15.0 Å². The molecule has 4 nitrogen and oxygen atoms in total. The molecule has 0 atom stereocenters. The molecule has 2 aromatic heterocycles. The summed E-state index contributed by atoms with van der Waals surface area (Å²) >= 11 is 0. The van der Waals surface area contributed by atoms with Crippen molar-refractivity contribution in [2.45, 2.75) is 0 Å². The first-order valence-electron chi connectivity index (χ1n) is 7.83. The molecule has 0 amide bonds. The predicted octanol–water partition coefficient (Wildman–Crippen LogP) is 4.53. The van der Waals surface area contributed by atoms with E-state index in [0.29, 0.717) is 11.5 Å². The van der Waals surface area contributed by atoms with Gasteiger partial charge in [0.2, 0.25) is 0 Å². The number of aromatic nitrogens is 3. The van der Waals surface area contributed by atoms with Gasteiger partial charge in [-0.1, -0.05) is 12.1 Å². The maximum Gasteiger partial charge on any atom is 0.140 e. The topological polar surface area (TPSA) is 67.6 Å². The van der Waals surface area contributed by atoms with Crippen LogP contribution in [0.3, 0.4) is 0 Å². The highest BCUT2D eigenvalue weighted by molar-refractivity contribution is 5.83. The van der Waals surface area contributed by atoms with Gasteiger partial charge in [0.15, 0.2) is 0 Å². The summed E-state index contributed by atoms with van der Waals surface area (Å²) in [6, 6.07) is 17.6. The SMILES string of the molecule is Nc1ccccc1-c1nc(-c2ccc(F)cc2)c(-c2ccncc2)[nH]1. The Morgan fingerprint density at radius 1 is 0.840 bits per heavy atom. The molecule has 3 N–H and O–H groups in total. The maximum absolute atomic E-state index is 13.3. The number of nitrogens with one attached hydrogen (secondary N) is 1. The van der Waals surface area contributed by atoms with Gasteiger partial charge in [-0.05, 0) is 48.5 Å². The van der Waals surface area contributed by atoms with E-state index in [1.54, 1.807) is 24.5 Å². The summed E-state index contributed by atoms with van der Waals surface area (Å²) in [6.45, 7) is 0. The van der Waals surface area contributed by atoms with Gasteiger partial charge in [0.25, 0.3) is 0 Å². The van der Waals surface area contributed by atoms with E-state index in [9.17, 15) is 4.39 Å². The fourth-order valence-corrected chi connectivity index (χ4v) is 2.76. The minimum absolute atomic E-state index is 0.280. The molecule has 4 rings (SSSR count). The Kier molecular flexibility index (Phi) is 3.74. The Hall–Kier alpha value is -3.47. The van der Waals surface area contributed by atoms with Gasteiger partial charge in [0.05, 0.1) is 11.4 Å². The Labute approximate surface area is 144 Å². The number of rotatable bonds is 3. The zero-order valence-corrected chi connectivity index (χ0v) is 13.3. The molecule has 0 unspecified atom stereocenters. The molecule has 2 heterocycles. The number of aromatic amines is 1. The molecule has 25 heavy (non-hydrogen) atoms. The number of pyridine rings is 1. The van der Waals surface area contributed by atoms with E-state index in [0.717, 1.165) is 28.1 Å². The molecule has 122 valence electrons. The van der Waals surface area contributed by atoms with Crippen molar-refractivity contribution in [1.82, 2.24) is 15.0 Å². The Balaban J connectivity index is 1.92. The molecule has 0 bridgehead atoms. The van der Waals surface area contributed by atoms with Crippen LogP contribution in [0.5, 0.6) is 0 Å². The van der Waals surface area contributed by atoms with Crippen LogP contribution in [0.1, 0.15) is 0 Å². The quantitative estimate of drug-likeness (QED) is 0.542. The molecular formula is C20H15FN4. The van der Waals surface area contributed by atoms with Crippen molar-refractivity contribution in [3.63, 3.8) is 0 Å². The molecule has 0 aliphatic carbocycles. The molecule has 0 saturated heterocycles. The van der Waals surface area contributed by atoms with Gasteiger partial charge in [-0.2, -0.15) is 0 Å². The smallest absolute Gasteiger partial charge is 0.140 e. The van der Waals surface area contributed by atoms with Crippen LogP contribution < -0.4 is 5.73 Å². The lowest BCUT2D eigenvalue weighted by Gasteiger charge is -2.02. The number of anilines is 1. The van der Waals surface area contributed by atoms with Crippen molar-refractivity contribution in [3.05, 3.63) is 78.9 Å². The van der Waals surface area contributed by atoms with Crippen LogP contribution >= 0.6 is 0 Å². The fourth-order valence-electron chi connectivity index (χ4n) is 2.76. The van der Waals surface area contributed by atoms with Gasteiger partial charge in [-0.3, -0.25) is 4.98 Å². The van der Waals surface area contributed by atoms with E-state index in [-0.39, 0.29) is 5.82 Å². The molecule has 0 spiro atoms. The van der Waals surface area contributed by atoms with Crippen molar-refractivity contribution < 1.29 is 4.39 Å². The highest BCUT2D eigenvalue weighted by Gasteiger charge is 2.16. The number of nitrogens with two attached hydrogens (primary N) is 1. The summed E-state index contributed by atoms with van der Waals surface area (Å²) in [4.78, 5) is 12.2. The first kappa shape index (κ1) is 15.1. The molecule has 5 heteroatoms. The largest absolute Gasteiger partial charge is 0.398 e. The number of hydrogen-bond donors (Lipinski definition) is 2. The number of imidazole rings is 1. The Morgan fingerprint density at radius 2 is 1.56 bits per heavy atom. The second-order valence-electron chi connectivity index (χ2n) is 5.64. The third-order valence-corrected chi connectivity index (χ3v) is 4.01. The molecular weight excluding hydrogens is 315 g/mol. The van der Waals surface area contributed by atoms with E-state index in [1.807, 2.05) is 36.4 Å². The van der Waals surface area contributed by atoms with Crippen LogP contribution in [0, 0.1) is 5.82 Å². The molecule has 0 radical (unpaired) electrons. The lowest BCUT2D eigenvalue weighted by Crippen LogP contribution is -1.90. The number of nitrogens with zero attached hydrogens (tertiary/aromatic N) is 2. The van der Waals surface area contributed by atoms with Crippen molar-refractivity contribution >= 4 is 5.69 Å². The number of H-pyrrole nitrogens is 1. The first-order valence-corrected chi connectivity index (χ1v) is 7.83. The van der Waals surface area contributed by atoms with Crippen LogP contribution in [0.25, 0.3) is 33.9 Å². The third kappa shape index (κ3) is 2.87. The highest BCUT2D eigenvalue weighted by Crippen LogP contribution is 2.34. The maximum atomic E-state index is 13.3. The molecule has 2 aromatic carbocycles. The molecule has 0 fully saturated rings. The minimum Gasteiger partial charge on any atom is -0.398 e.